The monoisotopic (exact) mass is 416 g/mol. The maximum atomic E-state index is 12.9. The number of amides is 1. The molecule has 4 rings (SSSR count). The molecule has 1 unspecified atom stereocenters. The number of nitrogens with one attached hydrogen (secondary N) is 1. The topological polar surface area (TPSA) is 73.6 Å². The van der Waals surface area contributed by atoms with Crippen LogP contribution in [0.5, 0.6) is 11.5 Å². The lowest BCUT2D eigenvalue weighted by atomic mass is 9.87. The van der Waals surface area contributed by atoms with Gasteiger partial charge in [0, 0.05) is 11.3 Å². The van der Waals surface area contributed by atoms with E-state index >= 15 is 0 Å². The fourth-order valence-electron chi connectivity index (χ4n) is 4.32. The van der Waals surface area contributed by atoms with E-state index in [2.05, 4.69) is 5.32 Å². The Balaban J connectivity index is 0.00000240. The van der Waals surface area contributed by atoms with Crippen molar-refractivity contribution in [1.82, 2.24) is 5.32 Å². The predicted octanol–water partition coefficient (Wildman–Crippen LogP) is 4.83. The smallest absolute Gasteiger partial charge is 0.251 e. The number of anilines is 1. The lowest BCUT2D eigenvalue weighted by Gasteiger charge is -2.27. The van der Waals surface area contributed by atoms with Crippen molar-refractivity contribution in [1.29, 1.82) is 0 Å². The molecular formula is C23H29ClN2O3. The van der Waals surface area contributed by atoms with Gasteiger partial charge in [0.1, 0.15) is 0 Å². The molecule has 1 amide bonds. The van der Waals surface area contributed by atoms with Crippen LogP contribution in [0, 0.1) is 0 Å². The molecule has 0 radical (unpaired) electrons. The Bertz CT molecular complexity index is 865. The Morgan fingerprint density at radius 1 is 1.03 bits per heavy atom. The van der Waals surface area contributed by atoms with Gasteiger partial charge in [-0.25, -0.2) is 0 Å². The number of carbonyl (C=O) groups excluding carboxylic acids is 1. The molecule has 2 aliphatic carbocycles. The zero-order valence-electron chi connectivity index (χ0n) is 16.8. The van der Waals surface area contributed by atoms with Gasteiger partial charge in [0.2, 0.25) is 0 Å². The molecule has 5 nitrogen and oxygen atoms in total. The van der Waals surface area contributed by atoms with E-state index in [0.29, 0.717) is 17.1 Å². The third kappa shape index (κ3) is 4.78. The fraction of sp³-hybridized carbons (Fsp3) is 0.435. The van der Waals surface area contributed by atoms with Crippen LogP contribution in [0.3, 0.4) is 0 Å². The lowest BCUT2D eigenvalue weighted by Crippen LogP contribution is -2.31. The first-order valence-corrected chi connectivity index (χ1v) is 10.2. The minimum absolute atomic E-state index is 0. The first-order valence-electron chi connectivity index (χ1n) is 10.2. The van der Waals surface area contributed by atoms with Crippen LogP contribution in [-0.4, -0.2) is 19.1 Å². The number of methoxy groups -OCH3 is 1. The molecule has 2 aromatic carbocycles. The highest BCUT2D eigenvalue weighted by Crippen LogP contribution is 2.34. The molecule has 1 fully saturated rings. The van der Waals surface area contributed by atoms with Crippen molar-refractivity contribution >= 4 is 24.0 Å². The van der Waals surface area contributed by atoms with E-state index in [1.54, 1.807) is 13.2 Å². The first kappa shape index (κ1) is 21.3. The molecule has 6 heteroatoms. The van der Waals surface area contributed by atoms with E-state index in [1.807, 2.05) is 30.3 Å². The van der Waals surface area contributed by atoms with Gasteiger partial charge in [0.05, 0.1) is 19.3 Å². The van der Waals surface area contributed by atoms with E-state index in [9.17, 15) is 4.79 Å². The molecule has 0 aromatic heterocycles. The van der Waals surface area contributed by atoms with Crippen molar-refractivity contribution < 1.29 is 14.3 Å². The van der Waals surface area contributed by atoms with Crippen molar-refractivity contribution in [2.24, 2.45) is 0 Å². The Morgan fingerprint density at radius 3 is 2.59 bits per heavy atom. The maximum absolute atomic E-state index is 12.9. The van der Waals surface area contributed by atoms with Gasteiger partial charge < -0.3 is 20.5 Å². The third-order valence-corrected chi connectivity index (χ3v) is 5.81. The van der Waals surface area contributed by atoms with Crippen LogP contribution in [0.1, 0.15) is 66.1 Å². The number of carbonyl (C=O) groups is 1. The standard InChI is InChI=1S/C23H28N2O3.ClH/c1-27-22-14-16(9-12-21(22)28-18-6-2-3-7-18)23(26)25-20-8-4-5-15-13-17(24)10-11-19(15)20;/h9-14,18,20H,2-8,24H2,1H3,(H,25,26);1H. The zero-order valence-corrected chi connectivity index (χ0v) is 17.6. The Labute approximate surface area is 178 Å². The lowest BCUT2D eigenvalue weighted by molar-refractivity contribution is 0.0932. The highest BCUT2D eigenvalue weighted by atomic mass is 35.5. The number of hydrogen-bond acceptors (Lipinski definition) is 4. The molecule has 2 aromatic rings. The molecule has 2 aliphatic rings. The number of ether oxygens (including phenoxy) is 2. The van der Waals surface area contributed by atoms with Gasteiger partial charge in [-0.3, -0.25) is 4.79 Å². The summed E-state index contributed by atoms with van der Waals surface area (Å²) in [6, 6.07) is 11.4. The molecule has 1 saturated carbocycles. The average molecular weight is 417 g/mol. The summed E-state index contributed by atoms with van der Waals surface area (Å²) in [4.78, 5) is 12.9. The van der Waals surface area contributed by atoms with Crippen LogP contribution in [-0.2, 0) is 6.42 Å². The largest absolute Gasteiger partial charge is 0.493 e. The zero-order chi connectivity index (χ0) is 19.5. The van der Waals surface area contributed by atoms with E-state index < -0.39 is 0 Å². The number of hydrogen-bond donors (Lipinski definition) is 2. The number of nitrogen functional groups attached to an aromatic ring is 1. The van der Waals surface area contributed by atoms with E-state index in [0.717, 1.165) is 37.8 Å². The van der Waals surface area contributed by atoms with Gasteiger partial charge in [-0.2, -0.15) is 0 Å². The Kier molecular flexibility index (Phi) is 6.91. The molecule has 0 heterocycles. The van der Waals surface area contributed by atoms with Gasteiger partial charge in [0.15, 0.2) is 11.5 Å². The quantitative estimate of drug-likeness (QED) is 0.685. The molecule has 0 spiro atoms. The Morgan fingerprint density at radius 2 is 1.83 bits per heavy atom. The second-order valence-electron chi connectivity index (χ2n) is 7.77. The Hall–Kier alpha value is -2.40. The number of aryl methyl sites for hydroxylation is 1. The van der Waals surface area contributed by atoms with E-state index in [-0.39, 0.29) is 30.5 Å². The van der Waals surface area contributed by atoms with Crippen molar-refractivity contribution in [2.45, 2.75) is 57.1 Å². The van der Waals surface area contributed by atoms with Gasteiger partial charge in [-0.05, 0) is 86.4 Å². The molecule has 1 atom stereocenters. The molecule has 0 aliphatic heterocycles. The number of nitrogens with two attached hydrogens (primary N) is 1. The van der Waals surface area contributed by atoms with Gasteiger partial charge in [0.25, 0.3) is 5.91 Å². The second kappa shape index (κ2) is 9.40. The molecule has 0 bridgehead atoms. The SMILES string of the molecule is COc1cc(C(=O)NC2CCCc3cc(N)ccc32)ccc1OC1CCCC1.Cl. The van der Waals surface area contributed by atoms with E-state index in [1.165, 1.54) is 24.0 Å². The van der Waals surface area contributed by atoms with Crippen LogP contribution in [0.2, 0.25) is 0 Å². The van der Waals surface area contributed by atoms with Crippen molar-refractivity contribution in [3.8, 4) is 11.5 Å². The summed E-state index contributed by atoms with van der Waals surface area (Å²) in [6.45, 7) is 0. The summed E-state index contributed by atoms with van der Waals surface area (Å²) >= 11 is 0. The molecular weight excluding hydrogens is 388 g/mol. The van der Waals surface area contributed by atoms with E-state index in [4.69, 9.17) is 15.2 Å². The minimum atomic E-state index is -0.0969. The summed E-state index contributed by atoms with van der Waals surface area (Å²) in [6.07, 6.45) is 7.81. The van der Waals surface area contributed by atoms with Crippen molar-refractivity contribution in [3.63, 3.8) is 0 Å². The normalized spacial score (nSPS) is 18.4. The van der Waals surface area contributed by atoms with Gasteiger partial charge >= 0.3 is 0 Å². The third-order valence-electron chi connectivity index (χ3n) is 5.81. The summed E-state index contributed by atoms with van der Waals surface area (Å²) in [5.74, 6) is 1.22. The second-order valence-corrected chi connectivity index (χ2v) is 7.77. The average Bonchev–Trinajstić information content (AvgIpc) is 3.21. The van der Waals surface area contributed by atoms with Crippen LogP contribution < -0.4 is 20.5 Å². The highest BCUT2D eigenvalue weighted by molar-refractivity contribution is 5.95. The van der Waals surface area contributed by atoms with Gasteiger partial charge in [-0.1, -0.05) is 6.07 Å². The number of benzene rings is 2. The van der Waals surface area contributed by atoms with Crippen LogP contribution in [0.15, 0.2) is 36.4 Å². The molecule has 0 saturated heterocycles. The number of halogens is 1. The minimum Gasteiger partial charge on any atom is -0.493 e. The molecule has 156 valence electrons. The van der Waals surface area contributed by atoms with Gasteiger partial charge in [-0.15, -0.1) is 12.4 Å². The van der Waals surface area contributed by atoms with Crippen LogP contribution in [0.25, 0.3) is 0 Å². The summed E-state index contributed by atoms with van der Waals surface area (Å²) < 4.78 is 11.6. The van der Waals surface area contributed by atoms with Crippen LogP contribution in [0.4, 0.5) is 5.69 Å². The highest BCUT2D eigenvalue weighted by Gasteiger charge is 2.23. The number of rotatable bonds is 5. The summed E-state index contributed by atoms with van der Waals surface area (Å²) in [5, 5.41) is 3.18. The maximum Gasteiger partial charge on any atom is 0.251 e. The van der Waals surface area contributed by atoms with Crippen molar-refractivity contribution in [3.05, 3.63) is 53.1 Å². The fourth-order valence-corrected chi connectivity index (χ4v) is 4.32. The summed E-state index contributed by atoms with van der Waals surface area (Å²) in [7, 11) is 1.61. The summed E-state index contributed by atoms with van der Waals surface area (Å²) in [5.41, 5.74) is 9.66. The molecule has 3 N–H and O–H groups in total. The predicted molar refractivity (Wildman–Crippen MR) is 117 cm³/mol. The number of fused-ring (bicyclic) bond motifs is 1. The van der Waals surface area contributed by atoms with Crippen molar-refractivity contribution in [2.75, 3.05) is 12.8 Å². The van der Waals surface area contributed by atoms with Crippen LogP contribution >= 0.6 is 12.4 Å². The molecule has 29 heavy (non-hydrogen) atoms. The first-order chi connectivity index (χ1) is 13.6.